The molecule has 0 aromatic carbocycles. The van der Waals surface area contributed by atoms with Gasteiger partial charge in [-0.25, -0.2) is 0 Å². The Kier molecular flexibility index (Phi) is 27.1. The fraction of sp³-hybridized carbons (Fsp3) is 1.00. The van der Waals surface area contributed by atoms with Crippen molar-refractivity contribution in [3.8, 4) is 0 Å². The quantitative estimate of drug-likeness (QED) is 0.0182. The van der Waals surface area contributed by atoms with E-state index in [9.17, 15) is 33.3 Å². The largest absolute Gasteiger partial charge is 0.495 e. The average Bonchev–Trinajstić information content (AvgIpc) is 2.97. The molecule has 0 fully saturated rings. The van der Waals surface area contributed by atoms with Crippen molar-refractivity contribution in [3.05, 3.63) is 0 Å². The molecule has 0 saturated carbocycles. The first-order chi connectivity index (χ1) is 22.0. The number of hydrogen-bond donors (Lipinski definition) is 10. The molecule has 0 rings (SSSR count). The molecule has 3 atom stereocenters. The predicted octanol–water partition coefficient (Wildman–Crippen LogP) is -3.18. The molecule has 0 aliphatic carbocycles. The van der Waals surface area contributed by atoms with Crippen molar-refractivity contribution in [2.75, 3.05) is 118 Å². The van der Waals surface area contributed by atoms with Gasteiger partial charge in [0.1, 0.15) is 0 Å². The summed E-state index contributed by atoms with van der Waals surface area (Å²) in [6.07, 6.45) is -1.55. The molecule has 0 saturated heterocycles. The molecule has 0 spiro atoms. The topological polar surface area (TPSA) is 244 Å². The van der Waals surface area contributed by atoms with Gasteiger partial charge in [0.15, 0.2) is 0 Å². The lowest BCUT2D eigenvalue weighted by atomic mass is 10.2. The fourth-order valence-electron chi connectivity index (χ4n) is 4.01. The Bertz CT molecular complexity index is 845. The number of nitrogens with one attached hydrogen (secondary N) is 4. The lowest BCUT2D eigenvalue weighted by molar-refractivity contribution is -0.0477. The van der Waals surface area contributed by atoms with Crippen LogP contribution in [0.3, 0.4) is 0 Å². The molecule has 284 valence electrons. The van der Waals surface area contributed by atoms with Crippen LogP contribution in [0.5, 0.6) is 0 Å². The number of rotatable bonds is 33. The molecule has 10 N–H and O–H groups in total. The molecule has 0 radical (unpaired) electrons. The zero-order valence-electron chi connectivity index (χ0n) is 28.9. The summed E-state index contributed by atoms with van der Waals surface area (Å²) in [5.41, 5.74) is -0.277. The van der Waals surface area contributed by atoms with Gasteiger partial charge in [-0.1, -0.05) is 0 Å². The maximum Gasteiger partial charge on any atom is 0.495 e. The highest BCUT2D eigenvalue weighted by molar-refractivity contribution is 7.85. The summed E-state index contributed by atoms with van der Waals surface area (Å²) in [5, 5.41) is 43.7. The summed E-state index contributed by atoms with van der Waals surface area (Å²) in [6.45, 7) is 13.2. The number of nitrogens with zero attached hydrogens (tertiary/aromatic N) is 1. The highest BCUT2D eigenvalue weighted by Gasteiger charge is 2.29. The van der Waals surface area contributed by atoms with Gasteiger partial charge in [-0.05, 0) is 33.6 Å². The van der Waals surface area contributed by atoms with E-state index in [1.807, 2.05) is 20.8 Å². The summed E-state index contributed by atoms with van der Waals surface area (Å²) < 4.78 is 51.2. The molecular formula is C28H65N5O12SSi. The Balaban J connectivity index is 4.32. The van der Waals surface area contributed by atoms with E-state index in [4.69, 9.17) is 18.8 Å². The maximum atomic E-state index is 10.7. The minimum atomic E-state index is -4.02. The van der Waals surface area contributed by atoms with Gasteiger partial charge in [0, 0.05) is 98.4 Å². The van der Waals surface area contributed by atoms with Crippen LogP contribution in [0.4, 0.5) is 0 Å². The zero-order chi connectivity index (χ0) is 35.6. The summed E-state index contributed by atoms with van der Waals surface area (Å²) in [7, 11) is -6.38. The van der Waals surface area contributed by atoms with Crippen LogP contribution in [0.1, 0.15) is 33.6 Å². The minimum Gasteiger partial charge on any atom is -0.390 e. The van der Waals surface area contributed by atoms with Crippen molar-refractivity contribution < 1.29 is 56.5 Å². The van der Waals surface area contributed by atoms with Gasteiger partial charge >= 0.3 is 8.80 Å². The SMILES string of the molecule is CO[Si](O)(O)CCCOCC(O)CN(CCNCCNCCNCC(O)COC(C)(C)C)CCNCC(O)COCCCS(=O)(=O)O. The highest BCUT2D eigenvalue weighted by Crippen LogP contribution is 2.07. The van der Waals surface area contributed by atoms with Gasteiger partial charge in [-0.15, -0.1) is 0 Å². The number of aliphatic hydroxyl groups is 3. The lowest BCUT2D eigenvalue weighted by Crippen LogP contribution is -2.44. The van der Waals surface area contributed by atoms with E-state index in [2.05, 4.69) is 30.6 Å². The van der Waals surface area contributed by atoms with Crippen LogP contribution < -0.4 is 21.3 Å². The fourth-order valence-corrected chi connectivity index (χ4v) is 5.30. The minimum absolute atomic E-state index is 0.0289. The van der Waals surface area contributed by atoms with E-state index >= 15 is 0 Å². The second kappa shape index (κ2) is 27.3. The van der Waals surface area contributed by atoms with Crippen molar-refractivity contribution in [3.63, 3.8) is 0 Å². The van der Waals surface area contributed by atoms with Crippen molar-refractivity contribution in [2.45, 2.75) is 63.6 Å². The third-order valence-corrected chi connectivity index (χ3v) is 9.00. The first-order valence-corrected chi connectivity index (χ1v) is 20.0. The van der Waals surface area contributed by atoms with Gasteiger partial charge in [-0.2, -0.15) is 8.42 Å². The van der Waals surface area contributed by atoms with Crippen molar-refractivity contribution in [1.29, 1.82) is 0 Å². The number of ether oxygens (including phenoxy) is 3. The maximum absolute atomic E-state index is 10.7. The normalized spacial score (nSPS) is 15.0. The lowest BCUT2D eigenvalue weighted by Gasteiger charge is -2.26. The Morgan fingerprint density at radius 1 is 0.745 bits per heavy atom. The van der Waals surface area contributed by atoms with E-state index in [0.717, 1.165) is 26.2 Å². The Labute approximate surface area is 282 Å². The summed E-state index contributed by atoms with van der Waals surface area (Å²) in [4.78, 5) is 21.3. The first-order valence-electron chi connectivity index (χ1n) is 16.4. The molecule has 0 amide bonds. The molecule has 47 heavy (non-hydrogen) atoms. The molecular weight excluding hydrogens is 658 g/mol. The first kappa shape index (κ1) is 46.6. The molecule has 19 heteroatoms. The molecule has 17 nitrogen and oxygen atoms in total. The van der Waals surface area contributed by atoms with Crippen molar-refractivity contribution in [1.82, 2.24) is 26.2 Å². The van der Waals surface area contributed by atoms with E-state index < -0.39 is 43.0 Å². The number of aliphatic hydroxyl groups excluding tert-OH is 3. The Morgan fingerprint density at radius 2 is 1.23 bits per heavy atom. The molecule has 0 aliphatic heterocycles. The van der Waals surface area contributed by atoms with Crippen molar-refractivity contribution >= 4 is 18.9 Å². The van der Waals surface area contributed by atoms with Gasteiger partial charge in [-0.3, -0.25) is 9.45 Å². The van der Waals surface area contributed by atoms with Gasteiger partial charge in [0.25, 0.3) is 10.1 Å². The van der Waals surface area contributed by atoms with Gasteiger partial charge < -0.3 is 64.8 Å². The summed E-state index contributed by atoms with van der Waals surface area (Å²) in [6, 6.07) is 0.117. The smallest absolute Gasteiger partial charge is 0.390 e. The molecule has 0 heterocycles. The molecule has 0 aromatic rings. The predicted molar refractivity (Wildman–Crippen MR) is 181 cm³/mol. The monoisotopic (exact) mass is 723 g/mol. The van der Waals surface area contributed by atoms with E-state index in [-0.39, 0.29) is 57.6 Å². The van der Waals surface area contributed by atoms with Crippen LogP contribution in [0.25, 0.3) is 0 Å². The number of hydrogen-bond acceptors (Lipinski definition) is 16. The van der Waals surface area contributed by atoms with Gasteiger partial charge in [0.05, 0.1) is 49.5 Å². The Morgan fingerprint density at radius 3 is 1.81 bits per heavy atom. The highest BCUT2D eigenvalue weighted by atomic mass is 32.2. The Hall–Kier alpha value is -0.433. The standard InChI is InChI=1S/C28H65N5O12SSi/c1-28(2,3)45-24-26(35)20-31-10-9-29-7-8-30-11-13-33(21-27(36)23-44-16-6-18-47(40,41)42-4)14-12-32-19-25(34)22-43-15-5-17-46(37,38)39/h25-27,29-32,34-36,40-41H,5-24H2,1-4H3,(H,37,38,39). The zero-order valence-corrected chi connectivity index (χ0v) is 30.7. The van der Waals surface area contributed by atoms with Crippen LogP contribution in [0, 0.1) is 0 Å². The van der Waals surface area contributed by atoms with Crippen LogP contribution in [0.15, 0.2) is 0 Å². The third kappa shape index (κ3) is 33.8. The van der Waals surface area contributed by atoms with Crippen LogP contribution in [0.2, 0.25) is 6.04 Å². The summed E-state index contributed by atoms with van der Waals surface area (Å²) in [5.74, 6) is -0.390. The van der Waals surface area contributed by atoms with Crippen LogP contribution in [-0.2, 0) is 28.8 Å². The van der Waals surface area contributed by atoms with Crippen LogP contribution >= 0.6 is 0 Å². The summed E-state index contributed by atoms with van der Waals surface area (Å²) >= 11 is 0. The van der Waals surface area contributed by atoms with Crippen molar-refractivity contribution in [2.24, 2.45) is 0 Å². The second-order valence-corrected chi connectivity index (χ2v) is 16.4. The molecule has 0 bridgehead atoms. The van der Waals surface area contributed by atoms with E-state index in [1.165, 1.54) is 7.11 Å². The molecule has 0 aliphatic rings. The third-order valence-electron chi connectivity index (χ3n) is 6.53. The van der Waals surface area contributed by atoms with E-state index in [0.29, 0.717) is 45.7 Å². The van der Waals surface area contributed by atoms with E-state index in [1.54, 1.807) is 0 Å². The average molecular weight is 724 g/mol. The molecule has 0 aromatic heterocycles. The van der Waals surface area contributed by atoms with Crippen LogP contribution in [-0.4, -0.2) is 193 Å². The molecule has 3 unspecified atom stereocenters. The van der Waals surface area contributed by atoms with Gasteiger partial charge in [0.2, 0.25) is 0 Å². The second-order valence-electron chi connectivity index (χ2n) is 12.4.